The molecule has 1 aliphatic rings. The Morgan fingerprint density at radius 1 is 0.979 bits per heavy atom. The molecule has 0 spiro atoms. The second kappa shape index (κ2) is 14.7. The number of fused-ring (bicyclic) bond motifs is 1. The van der Waals surface area contributed by atoms with E-state index in [4.69, 9.17) is 14.2 Å². The zero-order valence-corrected chi connectivity index (χ0v) is 26.9. The van der Waals surface area contributed by atoms with E-state index < -0.39 is 23.5 Å². The lowest BCUT2D eigenvalue weighted by atomic mass is 9.95. The number of thiazole rings is 1. The van der Waals surface area contributed by atoms with Gasteiger partial charge in [-0.2, -0.15) is 10.2 Å². The maximum absolute atomic E-state index is 14.1. The van der Waals surface area contributed by atoms with Gasteiger partial charge in [0.05, 0.1) is 53.5 Å². The van der Waals surface area contributed by atoms with Crippen molar-refractivity contribution in [2.24, 2.45) is 15.2 Å². The van der Waals surface area contributed by atoms with Gasteiger partial charge in [0, 0.05) is 5.56 Å². The van der Waals surface area contributed by atoms with E-state index in [1.807, 2.05) is 30.3 Å². The second-order valence-electron chi connectivity index (χ2n) is 10.1. The van der Waals surface area contributed by atoms with Gasteiger partial charge in [-0.15, -0.1) is 0 Å². The van der Waals surface area contributed by atoms with Crippen molar-refractivity contribution >= 4 is 40.7 Å². The Bertz CT molecular complexity index is 2050. The highest BCUT2D eigenvalue weighted by atomic mass is 32.1. The molecule has 0 radical (unpaired) electrons. The van der Waals surface area contributed by atoms with E-state index >= 15 is 0 Å². The summed E-state index contributed by atoms with van der Waals surface area (Å²) in [6, 6.07) is 17.9. The third kappa shape index (κ3) is 7.31. The molecule has 0 amide bonds. The molecular weight excluding hydrogens is 624 g/mol. The summed E-state index contributed by atoms with van der Waals surface area (Å²) in [5, 5.41) is 19.2. The minimum absolute atomic E-state index is 0.0571. The molecule has 3 aromatic carbocycles. The zero-order chi connectivity index (χ0) is 33.5. The number of phenolic OH excluding ortho intramolecular Hbond substituents is 1. The molecule has 0 unspecified atom stereocenters. The lowest BCUT2D eigenvalue weighted by Crippen LogP contribution is -2.40. The summed E-state index contributed by atoms with van der Waals surface area (Å²) in [5.74, 6) is -0.654. The Labute approximate surface area is 273 Å². The number of methoxy groups -OCH3 is 1. The van der Waals surface area contributed by atoms with Gasteiger partial charge < -0.3 is 24.1 Å². The maximum Gasteiger partial charge on any atom is 0.343 e. The number of azo groups is 1. The van der Waals surface area contributed by atoms with Crippen LogP contribution < -0.4 is 24.4 Å². The standard InChI is InChI=1S/C34H32N4O8S/c1-5-44-27-17-21(12-15-26(27)46-19-29(40)43-4)31-30(33(42)45-6-2)20(3)35-34-38(31)32(41)28(47-34)18-22-16-24(13-14-25(22)39)37-36-23-10-8-7-9-11-23/h7-18,31,39H,5-6,19H2,1-4H3/b28-18-,37-36?/t31-/m0/s1. The molecule has 12 nitrogen and oxygen atoms in total. The highest BCUT2D eigenvalue weighted by molar-refractivity contribution is 7.07. The van der Waals surface area contributed by atoms with Crippen LogP contribution in [0.1, 0.15) is 37.9 Å². The number of esters is 2. The topological polar surface area (TPSA) is 150 Å². The second-order valence-corrected chi connectivity index (χ2v) is 11.1. The molecule has 47 heavy (non-hydrogen) atoms. The average Bonchev–Trinajstić information content (AvgIpc) is 3.37. The van der Waals surface area contributed by atoms with Crippen LogP contribution in [0.3, 0.4) is 0 Å². The summed E-state index contributed by atoms with van der Waals surface area (Å²) in [6.45, 7) is 5.24. The lowest BCUT2D eigenvalue weighted by Gasteiger charge is -2.25. The molecule has 0 saturated carbocycles. The van der Waals surface area contributed by atoms with Crippen molar-refractivity contribution in [1.29, 1.82) is 0 Å². The van der Waals surface area contributed by atoms with Gasteiger partial charge in [0.25, 0.3) is 5.56 Å². The molecule has 1 atom stereocenters. The first kappa shape index (κ1) is 32.8. The minimum atomic E-state index is -0.930. The fraction of sp³-hybridized carbons (Fsp3) is 0.235. The number of benzene rings is 3. The van der Waals surface area contributed by atoms with Crippen molar-refractivity contribution in [3.05, 3.63) is 109 Å². The van der Waals surface area contributed by atoms with Crippen LogP contribution in [0.15, 0.2) is 98.0 Å². The Balaban J connectivity index is 1.62. The number of phenols is 1. The third-order valence-electron chi connectivity index (χ3n) is 7.01. The maximum atomic E-state index is 14.1. The fourth-order valence-corrected chi connectivity index (χ4v) is 5.89. The Morgan fingerprint density at radius 3 is 2.47 bits per heavy atom. The predicted octanol–water partition coefficient (Wildman–Crippen LogP) is 4.87. The third-order valence-corrected chi connectivity index (χ3v) is 7.99. The zero-order valence-electron chi connectivity index (χ0n) is 26.1. The van der Waals surface area contributed by atoms with Crippen molar-refractivity contribution < 1.29 is 33.6 Å². The van der Waals surface area contributed by atoms with Crippen molar-refractivity contribution in [2.75, 3.05) is 26.9 Å². The van der Waals surface area contributed by atoms with E-state index in [9.17, 15) is 19.5 Å². The van der Waals surface area contributed by atoms with E-state index in [0.29, 0.717) is 38.7 Å². The van der Waals surface area contributed by atoms with Gasteiger partial charge in [-0.25, -0.2) is 14.6 Å². The molecule has 0 fully saturated rings. The molecule has 5 rings (SSSR count). The van der Waals surface area contributed by atoms with Crippen molar-refractivity contribution in [2.45, 2.75) is 26.8 Å². The van der Waals surface area contributed by atoms with Crippen LogP contribution in [-0.2, 0) is 19.1 Å². The smallest absolute Gasteiger partial charge is 0.343 e. The molecule has 2 heterocycles. The molecule has 4 aromatic rings. The van der Waals surface area contributed by atoms with Crippen molar-refractivity contribution in [1.82, 2.24) is 4.57 Å². The normalized spacial score (nSPS) is 14.5. The number of hydrogen-bond donors (Lipinski definition) is 1. The number of rotatable bonds is 11. The molecule has 242 valence electrons. The molecular formula is C34H32N4O8S. The number of carbonyl (C=O) groups excluding carboxylic acids is 2. The van der Waals surface area contributed by atoms with Gasteiger partial charge >= 0.3 is 11.9 Å². The van der Waals surface area contributed by atoms with Crippen molar-refractivity contribution in [3.8, 4) is 17.2 Å². The number of aromatic hydroxyl groups is 1. The fourth-order valence-electron chi connectivity index (χ4n) is 4.86. The highest BCUT2D eigenvalue weighted by Gasteiger charge is 2.34. The number of nitrogens with zero attached hydrogens (tertiary/aromatic N) is 4. The van der Waals surface area contributed by atoms with E-state index in [0.717, 1.165) is 11.3 Å². The quantitative estimate of drug-likeness (QED) is 0.178. The van der Waals surface area contributed by atoms with Crippen LogP contribution >= 0.6 is 11.3 Å². The van der Waals surface area contributed by atoms with Gasteiger partial charge in [0.1, 0.15) is 5.75 Å². The SMILES string of the molecule is CCOC(=O)C1=C(C)N=c2s/c(=C\c3cc(N=Nc4ccccc4)ccc3O)c(=O)n2[C@H]1c1ccc(OCC(=O)OC)c(OCC)c1. The minimum Gasteiger partial charge on any atom is -0.507 e. The van der Waals surface area contributed by atoms with Crippen LogP contribution in [0, 0.1) is 0 Å². The first-order chi connectivity index (χ1) is 22.7. The average molecular weight is 657 g/mol. The van der Waals surface area contributed by atoms with Gasteiger partial charge in [-0.05, 0) is 74.9 Å². The summed E-state index contributed by atoms with van der Waals surface area (Å²) < 4.78 is 23.2. The van der Waals surface area contributed by atoms with Crippen LogP contribution in [0.25, 0.3) is 6.08 Å². The Morgan fingerprint density at radius 2 is 1.74 bits per heavy atom. The summed E-state index contributed by atoms with van der Waals surface area (Å²) in [4.78, 5) is 44.1. The van der Waals surface area contributed by atoms with Crippen LogP contribution in [0.5, 0.6) is 17.2 Å². The number of hydrogen-bond acceptors (Lipinski definition) is 12. The molecule has 0 bridgehead atoms. The van der Waals surface area contributed by atoms with Crippen LogP contribution in [0.2, 0.25) is 0 Å². The molecule has 1 N–H and O–H groups in total. The van der Waals surface area contributed by atoms with Crippen LogP contribution in [0.4, 0.5) is 11.4 Å². The summed E-state index contributed by atoms with van der Waals surface area (Å²) in [7, 11) is 1.26. The molecule has 1 aliphatic heterocycles. The van der Waals surface area contributed by atoms with Gasteiger partial charge in [0.2, 0.25) is 0 Å². The molecule has 0 saturated heterocycles. The van der Waals surface area contributed by atoms with Gasteiger partial charge in [-0.1, -0.05) is 35.6 Å². The molecule has 1 aromatic heterocycles. The molecule has 13 heteroatoms. The van der Waals surface area contributed by atoms with Gasteiger partial charge in [0.15, 0.2) is 22.9 Å². The molecule has 0 aliphatic carbocycles. The predicted molar refractivity (Wildman–Crippen MR) is 174 cm³/mol. The lowest BCUT2D eigenvalue weighted by molar-refractivity contribution is -0.143. The van der Waals surface area contributed by atoms with E-state index in [-0.39, 0.29) is 41.4 Å². The number of ether oxygens (including phenoxy) is 4. The van der Waals surface area contributed by atoms with Crippen molar-refractivity contribution in [3.63, 3.8) is 0 Å². The summed E-state index contributed by atoms with van der Waals surface area (Å²) in [6.07, 6.45) is 1.55. The Kier molecular flexibility index (Phi) is 10.3. The Hall–Kier alpha value is -5.56. The number of aromatic nitrogens is 1. The van der Waals surface area contributed by atoms with Gasteiger partial charge in [-0.3, -0.25) is 9.36 Å². The number of carbonyl (C=O) groups is 2. The summed E-state index contributed by atoms with van der Waals surface area (Å²) in [5.41, 5.74) is 2.14. The monoisotopic (exact) mass is 656 g/mol. The highest BCUT2D eigenvalue weighted by Crippen LogP contribution is 2.36. The van der Waals surface area contributed by atoms with E-state index in [2.05, 4.69) is 20.0 Å². The summed E-state index contributed by atoms with van der Waals surface area (Å²) >= 11 is 1.11. The first-order valence-corrected chi connectivity index (χ1v) is 15.5. The largest absolute Gasteiger partial charge is 0.507 e. The van der Waals surface area contributed by atoms with E-state index in [1.165, 1.54) is 17.7 Å². The van der Waals surface area contributed by atoms with Crippen LogP contribution in [-0.4, -0.2) is 48.5 Å². The van der Waals surface area contributed by atoms with E-state index in [1.54, 1.807) is 57.2 Å². The number of allylic oxidation sites excluding steroid dienone is 1. The first-order valence-electron chi connectivity index (χ1n) is 14.7.